The van der Waals surface area contributed by atoms with Crippen LogP contribution < -0.4 is 4.90 Å². The lowest BCUT2D eigenvalue weighted by Crippen LogP contribution is -2.54. The molecule has 0 aromatic heterocycles. The molecule has 2 aliphatic heterocycles. The van der Waals surface area contributed by atoms with Gasteiger partial charge in [-0.05, 0) is 71.2 Å². The van der Waals surface area contributed by atoms with Crippen molar-refractivity contribution in [3.8, 4) is 0 Å². The van der Waals surface area contributed by atoms with E-state index in [2.05, 4.69) is 15.9 Å². The fraction of sp³-hybridized carbons (Fsp3) is 0.667. The largest absolute Gasteiger partial charge is 0.462 e. The molecule has 0 radical (unpaired) electrons. The minimum Gasteiger partial charge on any atom is -0.462 e. The van der Waals surface area contributed by atoms with Crippen LogP contribution in [0.25, 0.3) is 0 Å². The second kappa shape index (κ2) is 9.90. The van der Waals surface area contributed by atoms with Crippen LogP contribution in [0.4, 0.5) is 10.5 Å². The number of amides is 1. The number of piperazine rings is 1. The van der Waals surface area contributed by atoms with Gasteiger partial charge < -0.3 is 19.3 Å². The molecule has 0 unspecified atom stereocenters. The maximum absolute atomic E-state index is 12.3. The van der Waals surface area contributed by atoms with E-state index >= 15 is 0 Å². The molecular weight excluding hydrogens is 394 g/mol. The average Bonchev–Trinajstić information content (AvgIpc) is 2.73. The van der Waals surface area contributed by atoms with Gasteiger partial charge in [-0.15, -0.1) is 0 Å². The fourth-order valence-electron chi connectivity index (χ4n) is 4.37. The van der Waals surface area contributed by atoms with Gasteiger partial charge in [-0.3, -0.25) is 4.90 Å². The zero-order valence-corrected chi connectivity index (χ0v) is 19.6. The lowest BCUT2D eigenvalue weighted by Gasteiger charge is -2.43. The van der Waals surface area contributed by atoms with Crippen molar-refractivity contribution >= 4 is 17.7 Å². The van der Waals surface area contributed by atoms with Gasteiger partial charge in [0.05, 0.1) is 12.2 Å². The number of piperidine rings is 1. The van der Waals surface area contributed by atoms with Crippen molar-refractivity contribution in [2.45, 2.75) is 59.1 Å². The van der Waals surface area contributed by atoms with E-state index in [1.54, 1.807) is 0 Å². The van der Waals surface area contributed by atoms with Crippen LogP contribution in [-0.4, -0.2) is 79.4 Å². The predicted octanol–water partition coefficient (Wildman–Crippen LogP) is 3.69. The van der Waals surface area contributed by atoms with Gasteiger partial charge >= 0.3 is 12.1 Å². The number of carbonyl (C=O) groups excluding carboxylic acids is 2. The average molecular weight is 432 g/mol. The monoisotopic (exact) mass is 431 g/mol. The molecule has 0 bridgehead atoms. The van der Waals surface area contributed by atoms with Crippen molar-refractivity contribution in [1.29, 1.82) is 0 Å². The van der Waals surface area contributed by atoms with Crippen molar-refractivity contribution in [3.05, 3.63) is 29.3 Å². The number of aryl methyl sites for hydroxylation is 1. The summed E-state index contributed by atoms with van der Waals surface area (Å²) >= 11 is 0. The van der Waals surface area contributed by atoms with Crippen molar-refractivity contribution in [2.75, 3.05) is 50.8 Å². The van der Waals surface area contributed by atoms with Crippen molar-refractivity contribution < 1.29 is 19.1 Å². The summed E-state index contributed by atoms with van der Waals surface area (Å²) in [4.78, 5) is 31.1. The second-order valence-electron chi connectivity index (χ2n) is 9.44. The van der Waals surface area contributed by atoms with E-state index in [0.717, 1.165) is 63.4 Å². The SMILES string of the molecule is CCOC(=O)c1ccc(N2CCN(C3CCN(C(=O)OC(C)(C)C)CC3)CC2)cc1C. The number of anilines is 1. The third kappa shape index (κ3) is 6.12. The summed E-state index contributed by atoms with van der Waals surface area (Å²) in [6.07, 6.45) is 1.79. The van der Waals surface area contributed by atoms with E-state index in [-0.39, 0.29) is 12.1 Å². The second-order valence-corrected chi connectivity index (χ2v) is 9.44. The molecule has 0 atom stereocenters. The van der Waals surface area contributed by atoms with Gasteiger partial charge in [0.15, 0.2) is 0 Å². The first kappa shape index (κ1) is 23.4. The van der Waals surface area contributed by atoms with Gasteiger partial charge in [-0.1, -0.05) is 0 Å². The van der Waals surface area contributed by atoms with Gasteiger partial charge in [0.1, 0.15) is 5.60 Å². The maximum Gasteiger partial charge on any atom is 0.410 e. The Bertz CT molecular complexity index is 774. The molecule has 2 heterocycles. The zero-order valence-electron chi connectivity index (χ0n) is 19.6. The van der Waals surface area contributed by atoms with E-state index in [0.29, 0.717) is 18.2 Å². The molecule has 7 nitrogen and oxygen atoms in total. The number of hydrogen-bond acceptors (Lipinski definition) is 6. The third-order valence-electron chi connectivity index (χ3n) is 6.02. The smallest absolute Gasteiger partial charge is 0.410 e. The van der Waals surface area contributed by atoms with Crippen molar-refractivity contribution in [2.24, 2.45) is 0 Å². The summed E-state index contributed by atoms with van der Waals surface area (Å²) in [6.45, 7) is 15.4. The molecule has 0 aliphatic carbocycles. The van der Waals surface area contributed by atoms with E-state index < -0.39 is 5.60 Å². The lowest BCUT2D eigenvalue weighted by atomic mass is 10.0. The highest BCUT2D eigenvalue weighted by Gasteiger charge is 2.31. The Labute approximate surface area is 186 Å². The van der Waals surface area contributed by atoms with Crippen LogP contribution in [0.15, 0.2) is 18.2 Å². The highest BCUT2D eigenvalue weighted by atomic mass is 16.6. The molecule has 7 heteroatoms. The van der Waals surface area contributed by atoms with Crippen LogP contribution in [-0.2, 0) is 9.47 Å². The van der Waals surface area contributed by atoms with Crippen LogP contribution >= 0.6 is 0 Å². The molecule has 172 valence electrons. The Morgan fingerprint density at radius 2 is 1.68 bits per heavy atom. The van der Waals surface area contributed by atoms with E-state index in [9.17, 15) is 9.59 Å². The van der Waals surface area contributed by atoms with Crippen LogP contribution in [0.2, 0.25) is 0 Å². The number of carbonyl (C=O) groups is 2. The summed E-state index contributed by atoms with van der Waals surface area (Å²) < 4.78 is 10.6. The van der Waals surface area contributed by atoms with E-state index in [1.165, 1.54) is 0 Å². The van der Waals surface area contributed by atoms with E-state index in [1.807, 2.05) is 51.7 Å². The molecule has 0 saturated carbocycles. The van der Waals surface area contributed by atoms with Gasteiger partial charge in [0.2, 0.25) is 0 Å². The fourth-order valence-corrected chi connectivity index (χ4v) is 4.37. The summed E-state index contributed by atoms with van der Waals surface area (Å²) in [7, 11) is 0. The van der Waals surface area contributed by atoms with Crippen molar-refractivity contribution in [3.63, 3.8) is 0 Å². The summed E-state index contributed by atoms with van der Waals surface area (Å²) in [6, 6.07) is 6.51. The number of rotatable bonds is 4. The number of esters is 1. The molecule has 1 aromatic rings. The van der Waals surface area contributed by atoms with Crippen LogP contribution in [0.3, 0.4) is 0 Å². The van der Waals surface area contributed by atoms with Gasteiger partial charge in [-0.2, -0.15) is 0 Å². The molecule has 2 saturated heterocycles. The van der Waals surface area contributed by atoms with Crippen molar-refractivity contribution in [1.82, 2.24) is 9.80 Å². The maximum atomic E-state index is 12.3. The Kier molecular flexibility index (Phi) is 7.46. The van der Waals surface area contributed by atoms with Gasteiger partial charge in [-0.25, -0.2) is 9.59 Å². The number of hydrogen-bond donors (Lipinski definition) is 0. The first-order valence-electron chi connectivity index (χ1n) is 11.4. The topological polar surface area (TPSA) is 62.3 Å². The summed E-state index contributed by atoms with van der Waals surface area (Å²) in [5, 5.41) is 0. The Morgan fingerprint density at radius 1 is 1.03 bits per heavy atom. The Hall–Kier alpha value is -2.28. The summed E-state index contributed by atoms with van der Waals surface area (Å²) in [5.41, 5.74) is 2.30. The Morgan fingerprint density at radius 3 is 2.23 bits per heavy atom. The zero-order chi connectivity index (χ0) is 22.6. The minimum atomic E-state index is -0.447. The first-order chi connectivity index (χ1) is 14.7. The molecule has 1 amide bonds. The molecule has 1 aromatic carbocycles. The standard InChI is InChI=1S/C24H37N3O4/c1-6-30-22(28)21-8-7-20(17-18(21)2)26-15-13-25(14-16-26)19-9-11-27(12-10-19)23(29)31-24(3,4)5/h7-8,17,19H,6,9-16H2,1-5H3. The summed E-state index contributed by atoms with van der Waals surface area (Å²) in [5.74, 6) is -0.255. The third-order valence-corrected chi connectivity index (χ3v) is 6.02. The molecule has 0 spiro atoms. The van der Waals surface area contributed by atoms with Crippen LogP contribution in [0, 0.1) is 6.92 Å². The molecule has 2 aliphatic rings. The molecule has 3 rings (SSSR count). The van der Waals surface area contributed by atoms with Gasteiger partial charge in [0, 0.05) is 51.0 Å². The molecule has 0 N–H and O–H groups in total. The predicted molar refractivity (Wildman–Crippen MR) is 122 cm³/mol. The normalized spacial score (nSPS) is 18.7. The van der Waals surface area contributed by atoms with E-state index in [4.69, 9.17) is 9.47 Å². The molecule has 2 fully saturated rings. The van der Waals surface area contributed by atoms with Gasteiger partial charge in [0.25, 0.3) is 0 Å². The van der Waals surface area contributed by atoms with Crippen LogP contribution in [0.1, 0.15) is 56.5 Å². The highest BCUT2D eigenvalue weighted by Crippen LogP contribution is 2.24. The molecule has 31 heavy (non-hydrogen) atoms. The lowest BCUT2D eigenvalue weighted by molar-refractivity contribution is 0.0139. The highest BCUT2D eigenvalue weighted by molar-refractivity contribution is 5.91. The Balaban J connectivity index is 1.49. The first-order valence-corrected chi connectivity index (χ1v) is 11.4. The number of nitrogens with zero attached hydrogens (tertiary/aromatic N) is 3. The number of benzene rings is 1. The quantitative estimate of drug-likeness (QED) is 0.678. The van der Waals surface area contributed by atoms with Crippen LogP contribution in [0.5, 0.6) is 0 Å². The minimum absolute atomic E-state index is 0.197. The number of likely N-dealkylation sites (tertiary alicyclic amines) is 1. The number of ether oxygens (including phenoxy) is 2. The molecular formula is C24H37N3O4.